The Hall–Kier alpha value is -1.14. The van der Waals surface area contributed by atoms with Crippen LogP contribution in [-0.2, 0) is 11.3 Å². The van der Waals surface area contributed by atoms with Crippen LogP contribution in [0.5, 0.6) is 0 Å². The lowest BCUT2D eigenvalue weighted by molar-refractivity contribution is 0.150. The van der Waals surface area contributed by atoms with E-state index in [0.717, 1.165) is 23.7 Å². The summed E-state index contributed by atoms with van der Waals surface area (Å²) in [5.74, 6) is 1.06. The number of carbonyl (C=O) groups excluding carboxylic acids is 1. The number of hydrogen-bond donors (Lipinski definition) is 2. The van der Waals surface area contributed by atoms with Crippen LogP contribution in [0.15, 0.2) is 5.51 Å². The van der Waals surface area contributed by atoms with Gasteiger partial charge in [-0.15, -0.1) is 11.3 Å². The molecule has 1 amide bonds. The summed E-state index contributed by atoms with van der Waals surface area (Å²) < 4.78 is 4.86. The van der Waals surface area contributed by atoms with E-state index in [0.29, 0.717) is 11.8 Å². The van der Waals surface area contributed by atoms with E-state index in [1.165, 1.54) is 24.2 Å². The zero-order chi connectivity index (χ0) is 13.0. The number of hydrogen-bond acceptors (Lipinski definition) is 5. The predicted octanol–water partition coefficient (Wildman–Crippen LogP) is 1.84. The standard InChI is InChI=1S/C12H19N3O2S/c1-8(9-2-4-14-5-3-9)11-10(18-7-15-11)6-17-12(13)16/h7-9,14H,2-6H2,1H3,(H2,13,16). The smallest absolute Gasteiger partial charge is 0.404 e. The maximum Gasteiger partial charge on any atom is 0.404 e. The molecular weight excluding hydrogens is 250 g/mol. The van der Waals surface area contributed by atoms with Crippen molar-refractivity contribution in [2.45, 2.75) is 32.3 Å². The van der Waals surface area contributed by atoms with Gasteiger partial charge in [0.15, 0.2) is 0 Å². The second-order valence-electron chi connectivity index (χ2n) is 4.64. The molecule has 0 saturated carbocycles. The third-order valence-corrected chi connectivity index (χ3v) is 4.36. The van der Waals surface area contributed by atoms with Gasteiger partial charge in [-0.3, -0.25) is 0 Å². The first-order valence-corrected chi connectivity index (χ1v) is 7.11. The van der Waals surface area contributed by atoms with Crippen LogP contribution in [0, 0.1) is 5.92 Å². The van der Waals surface area contributed by atoms with Gasteiger partial charge in [-0.25, -0.2) is 9.78 Å². The van der Waals surface area contributed by atoms with Crippen molar-refractivity contribution in [3.05, 3.63) is 16.1 Å². The fraction of sp³-hybridized carbons (Fsp3) is 0.667. The molecule has 3 N–H and O–H groups in total. The highest BCUT2D eigenvalue weighted by Gasteiger charge is 2.25. The van der Waals surface area contributed by atoms with Crippen LogP contribution in [0.4, 0.5) is 4.79 Å². The lowest BCUT2D eigenvalue weighted by Crippen LogP contribution is -2.30. The molecule has 0 spiro atoms. The summed E-state index contributed by atoms with van der Waals surface area (Å²) in [5.41, 5.74) is 7.87. The van der Waals surface area contributed by atoms with Gasteiger partial charge in [0.1, 0.15) is 6.61 Å². The van der Waals surface area contributed by atoms with Crippen LogP contribution in [0.3, 0.4) is 0 Å². The van der Waals surface area contributed by atoms with E-state index in [1.54, 1.807) is 0 Å². The molecule has 1 aliphatic heterocycles. The molecule has 1 fully saturated rings. The van der Waals surface area contributed by atoms with Gasteiger partial charge in [-0.1, -0.05) is 6.92 Å². The van der Waals surface area contributed by atoms with Gasteiger partial charge in [0.05, 0.1) is 16.1 Å². The Bertz CT molecular complexity index is 402. The average molecular weight is 269 g/mol. The van der Waals surface area contributed by atoms with Crippen molar-refractivity contribution in [3.8, 4) is 0 Å². The second-order valence-corrected chi connectivity index (χ2v) is 5.58. The number of ether oxygens (including phenoxy) is 1. The van der Waals surface area contributed by atoms with Crippen molar-refractivity contribution in [3.63, 3.8) is 0 Å². The van der Waals surface area contributed by atoms with Gasteiger partial charge in [0, 0.05) is 5.92 Å². The van der Waals surface area contributed by atoms with Crippen LogP contribution < -0.4 is 11.1 Å². The molecule has 1 atom stereocenters. The number of rotatable bonds is 4. The van der Waals surface area contributed by atoms with Crippen molar-refractivity contribution in [1.29, 1.82) is 0 Å². The Morgan fingerprint density at radius 3 is 3.06 bits per heavy atom. The molecule has 2 rings (SSSR count). The van der Waals surface area contributed by atoms with Crippen LogP contribution in [0.2, 0.25) is 0 Å². The SMILES string of the molecule is CC(c1ncsc1COC(N)=O)C1CCNCC1. The lowest BCUT2D eigenvalue weighted by Gasteiger charge is -2.27. The van der Waals surface area contributed by atoms with Crippen LogP contribution in [0.25, 0.3) is 0 Å². The monoisotopic (exact) mass is 269 g/mol. The Morgan fingerprint density at radius 1 is 1.67 bits per heavy atom. The van der Waals surface area contributed by atoms with Crippen LogP contribution >= 0.6 is 11.3 Å². The van der Waals surface area contributed by atoms with Crippen LogP contribution in [0.1, 0.15) is 36.3 Å². The number of amides is 1. The lowest BCUT2D eigenvalue weighted by atomic mass is 9.84. The molecule has 0 aromatic carbocycles. The number of aromatic nitrogens is 1. The fourth-order valence-electron chi connectivity index (χ4n) is 2.46. The third-order valence-electron chi connectivity index (χ3n) is 3.54. The van der Waals surface area contributed by atoms with Gasteiger partial charge in [-0.05, 0) is 31.8 Å². The van der Waals surface area contributed by atoms with E-state index in [4.69, 9.17) is 10.5 Å². The summed E-state index contributed by atoms with van der Waals surface area (Å²) in [5, 5.41) is 3.37. The van der Waals surface area contributed by atoms with Crippen molar-refractivity contribution in [2.75, 3.05) is 13.1 Å². The maximum atomic E-state index is 10.7. The Kier molecular flexibility index (Phi) is 4.54. The number of nitrogens with zero attached hydrogens (tertiary/aromatic N) is 1. The Labute approximate surface area is 111 Å². The minimum Gasteiger partial charge on any atom is -0.444 e. The van der Waals surface area contributed by atoms with Gasteiger partial charge in [-0.2, -0.15) is 0 Å². The van der Waals surface area contributed by atoms with Crippen molar-refractivity contribution >= 4 is 17.4 Å². The summed E-state index contributed by atoms with van der Waals surface area (Å²) in [6, 6.07) is 0. The molecule has 1 aliphatic rings. The van der Waals surface area contributed by atoms with E-state index in [2.05, 4.69) is 17.2 Å². The average Bonchev–Trinajstić information content (AvgIpc) is 2.85. The zero-order valence-corrected chi connectivity index (χ0v) is 11.3. The van der Waals surface area contributed by atoms with E-state index in [-0.39, 0.29) is 6.61 Å². The fourth-order valence-corrected chi connectivity index (χ4v) is 3.24. The largest absolute Gasteiger partial charge is 0.444 e. The van der Waals surface area contributed by atoms with Crippen molar-refractivity contribution < 1.29 is 9.53 Å². The Balaban J connectivity index is 2.02. The molecule has 0 radical (unpaired) electrons. The topological polar surface area (TPSA) is 77.2 Å². The quantitative estimate of drug-likeness (QED) is 0.874. The molecule has 6 heteroatoms. The number of carbonyl (C=O) groups is 1. The number of nitrogens with one attached hydrogen (secondary N) is 1. The summed E-state index contributed by atoms with van der Waals surface area (Å²) in [6.07, 6.45) is 1.62. The molecule has 5 nitrogen and oxygen atoms in total. The summed E-state index contributed by atoms with van der Waals surface area (Å²) in [6.45, 7) is 4.60. The van der Waals surface area contributed by atoms with Crippen LogP contribution in [-0.4, -0.2) is 24.2 Å². The first kappa shape index (κ1) is 13.3. The van der Waals surface area contributed by atoms with Gasteiger partial charge >= 0.3 is 6.09 Å². The molecule has 18 heavy (non-hydrogen) atoms. The maximum absolute atomic E-state index is 10.7. The predicted molar refractivity (Wildman–Crippen MR) is 70.5 cm³/mol. The molecule has 100 valence electrons. The molecule has 0 bridgehead atoms. The number of nitrogens with two attached hydrogens (primary N) is 1. The molecule has 1 aromatic rings. The highest BCUT2D eigenvalue weighted by molar-refractivity contribution is 7.09. The van der Waals surface area contributed by atoms with E-state index in [9.17, 15) is 4.79 Å². The molecule has 1 aromatic heterocycles. The number of primary amides is 1. The molecule has 1 saturated heterocycles. The first-order valence-electron chi connectivity index (χ1n) is 6.23. The number of thiazole rings is 1. The third kappa shape index (κ3) is 3.20. The first-order chi connectivity index (χ1) is 8.68. The minimum absolute atomic E-state index is 0.241. The van der Waals surface area contributed by atoms with Gasteiger partial charge in [0.25, 0.3) is 0 Å². The van der Waals surface area contributed by atoms with E-state index >= 15 is 0 Å². The van der Waals surface area contributed by atoms with Gasteiger partial charge < -0.3 is 15.8 Å². The summed E-state index contributed by atoms with van der Waals surface area (Å²) in [7, 11) is 0. The molecule has 2 heterocycles. The summed E-state index contributed by atoms with van der Waals surface area (Å²) >= 11 is 1.52. The molecule has 0 aliphatic carbocycles. The van der Waals surface area contributed by atoms with Crippen molar-refractivity contribution in [1.82, 2.24) is 10.3 Å². The number of piperidine rings is 1. The Morgan fingerprint density at radius 2 is 2.39 bits per heavy atom. The van der Waals surface area contributed by atoms with E-state index in [1.807, 2.05) is 5.51 Å². The van der Waals surface area contributed by atoms with Gasteiger partial charge in [0.2, 0.25) is 0 Å². The second kappa shape index (κ2) is 6.15. The highest BCUT2D eigenvalue weighted by Crippen LogP contribution is 2.33. The molecule has 1 unspecified atom stereocenters. The normalized spacial score (nSPS) is 18.5. The van der Waals surface area contributed by atoms with E-state index < -0.39 is 6.09 Å². The molecular formula is C12H19N3O2S. The zero-order valence-electron chi connectivity index (χ0n) is 10.5. The highest BCUT2D eigenvalue weighted by atomic mass is 32.1. The minimum atomic E-state index is -0.733. The van der Waals surface area contributed by atoms with Crippen molar-refractivity contribution in [2.24, 2.45) is 11.7 Å². The summed E-state index contributed by atoms with van der Waals surface area (Å²) in [4.78, 5) is 16.1.